The number of rotatable bonds is 6. The predicted octanol–water partition coefficient (Wildman–Crippen LogP) is 1.41. The molecule has 0 aromatic heterocycles. The molecule has 1 saturated heterocycles. The summed E-state index contributed by atoms with van der Waals surface area (Å²) in [6.07, 6.45) is 1.42. The lowest BCUT2D eigenvalue weighted by atomic mass is 9.95. The van der Waals surface area contributed by atoms with Crippen molar-refractivity contribution in [2.45, 2.75) is 25.4 Å². The summed E-state index contributed by atoms with van der Waals surface area (Å²) < 4.78 is 5.33. The van der Waals surface area contributed by atoms with Crippen molar-refractivity contribution in [3.8, 4) is 0 Å². The number of benzene rings is 1. The molecule has 0 spiro atoms. The molecule has 1 aromatic rings. The number of nitrogens with zero attached hydrogens (tertiary/aromatic N) is 2. The van der Waals surface area contributed by atoms with Gasteiger partial charge in [-0.3, -0.25) is 9.69 Å². The van der Waals surface area contributed by atoms with Gasteiger partial charge in [0.2, 0.25) is 5.60 Å². The number of nitrogens with one attached hydrogen (secondary N) is 1. The van der Waals surface area contributed by atoms with Crippen LogP contribution in [0.3, 0.4) is 0 Å². The number of oxime groups is 1. The summed E-state index contributed by atoms with van der Waals surface area (Å²) in [4.78, 5) is 20.3. The molecule has 3 rings (SSSR count). The Morgan fingerprint density at radius 1 is 1.29 bits per heavy atom. The van der Waals surface area contributed by atoms with Gasteiger partial charge in [-0.15, -0.1) is 0 Å². The lowest BCUT2D eigenvalue weighted by Crippen LogP contribution is -2.45. The van der Waals surface area contributed by atoms with Crippen molar-refractivity contribution in [1.29, 1.82) is 0 Å². The van der Waals surface area contributed by atoms with Gasteiger partial charge in [0.1, 0.15) is 0 Å². The average molecular weight is 331 g/mol. The van der Waals surface area contributed by atoms with Crippen molar-refractivity contribution >= 4 is 11.6 Å². The highest BCUT2D eigenvalue weighted by molar-refractivity contribution is 6.05. The molecule has 6 nitrogen and oxygen atoms in total. The minimum atomic E-state index is -0.913. The van der Waals surface area contributed by atoms with Crippen molar-refractivity contribution in [2.75, 3.05) is 39.4 Å². The van der Waals surface area contributed by atoms with Crippen LogP contribution in [-0.4, -0.2) is 61.5 Å². The molecule has 1 unspecified atom stereocenters. The Morgan fingerprint density at radius 2 is 2.04 bits per heavy atom. The van der Waals surface area contributed by atoms with E-state index in [1.54, 1.807) is 6.92 Å². The van der Waals surface area contributed by atoms with Crippen LogP contribution in [-0.2, 0) is 14.4 Å². The van der Waals surface area contributed by atoms with Gasteiger partial charge >= 0.3 is 0 Å². The number of morpholine rings is 1. The standard InChI is InChI=1S/C18H25N3O3/c1-18(14-16(20-24-18)15-6-3-2-4-7-15)17(22)19-8-5-9-21-10-12-23-13-11-21/h2-4,6-7H,5,8-14H2,1H3,(H,19,22). The van der Waals surface area contributed by atoms with E-state index in [2.05, 4.69) is 15.4 Å². The molecule has 6 heteroatoms. The summed E-state index contributed by atoms with van der Waals surface area (Å²) in [5.74, 6) is -0.0980. The average Bonchev–Trinajstić information content (AvgIpc) is 3.04. The Bertz CT molecular complexity index is 584. The summed E-state index contributed by atoms with van der Waals surface area (Å²) in [6.45, 7) is 6.98. The fourth-order valence-electron chi connectivity index (χ4n) is 2.96. The van der Waals surface area contributed by atoms with Gasteiger partial charge in [0.15, 0.2) is 0 Å². The molecule has 2 aliphatic rings. The number of hydrogen-bond donors (Lipinski definition) is 1. The van der Waals surface area contributed by atoms with Gasteiger partial charge < -0.3 is 14.9 Å². The van der Waals surface area contributed by atoms with E-state index >= 15 is 0 Å². The minimum Gasteiger partial charge on any atom is -0.379 e. The quantitative estimate of drug-likeness (QED) is 0.801. The third-order valence-corrected chi connectivity index (χ3v) is 4.49. The molecule has 1 atom stereocenters. The van der Waals surface area contributed by atoms with Crippen molar-refractivity contribution < 1.29 is 14.4 Å². The molecule has 130 valence electrons. The first-order chi connectivity index (χ1) is 11.7. The normalized spacial score (nSPS) is 24.3. The second-order valence-electron chi connectivity index (χ2n) is 6.47. The van der Waals surface area contributed by atoms with Crippen LogP contribution in [0.5, 0.6) is 0 Å². The van der Waals surface area contributed by atoms with E-state index in [0.29, 0.717) is 13.0 Å². The number of carbonyl (C=O) groups excluding carboxylic acids is 1. The molecule has 0 radical (unpaired) electrons. The Kier molecular flexibility index (Phi) is 5.48. The van der Waals surface area contributed by atoms with Gasteiger partial charge in [0, 0.05) is 26.1 Å². The number of amides is 1. The van der Waals surface area contributed by atoms with Gasteiger partial charge in [0.25, 0.3) is 5.91 Å². The number of carbonyl (C=O) groups is 1. The molecular weight excluding hydrogens is 306 g/mol. The van der Waals surface area contributed by atoms with Crippen LogP contribution in [0.4, 0.5) is 0 Å². The zero-order chi connectivity index (χ0) is 16.8. The van der Waals surface area contributed by atoms with Crippen LogP contribution in [0.25, 0.3) is 0 Å². The summed E-state index contributed by atoms with van der Waals surface area (Å²) in [5, 5.41) is 7.10. The van der Waals surface area contributed by atoms with Crippen molar-refractivity contribution in [3.63, 3.8) is 0 Å². The molecule has 1 fully saturated rings. The molecule has 0 saturated carbocycles. The zero-order valence-electron chi connectivity index (χ0n) is 14.2. The van der Waals surface area contributed by atoms with E-state index in [-0.39, 0.29) is 5.91 Å². The molecular formula is C18H25N3O3. The lowest BCUT2D eigenvalue weighted by molar-refractivity contribution is -0.141. The second kappa shape index (κ2) is 7.77. The van der Waals surface area contributed by atoms with Crippen molar-refractivity contribution in [1.82, 2.24) is 10.2 Å². The Balaban J connectivity index is 1.42. The molecule has 0 aliphatic carbocycles. The third kappa shape index (κ3) is 4.13. The molecule has 2 heterocycles. The summed E-state index contributed by atoms with van der Waals surface area (Å²) in [6, 6.07) is 9.83. The first-order valence-electron chi connectivity index (χ1n) is 8.56. The molecule has 1 N–H and O–H groups in total. The number of ether oxygens (including phenoxy) is 1. The highest BCUT2D eigenvalue weighted by Gasteiger charge is 2.41. The first kappa shape index (κ1) is 16.9. The SMILES string of the molecule is CC1(C(=O)NCCCN2CCOCC2)CC(c2ccccc2)=NO1. The maximum absolute atomic E-state index is 12.5. The van der Waals surface area contributed by atoms with Gasteiger partial charge in [0.05, 0.1) is 18.9 Å². The molecule has 2 aliphatic heterocycles. The van der Waals surface area contributed by atoms with Crippen LogP contribution in [0.15, 0.2) is 35.5 Å². The van der Waals surface area contributed by atoms with E-state index < -0.39 is 5.60 Å². The van der Waals surface area contributed by atoms with E-state index in [0.717, 1.165) is 50.5 Å². The van der Waals surface area contributed by atoms with E-state index in [9.17, 15) is 4.79 Å². The van der Waals surface area contributed by atoms with Crippen molar-refractivity contribution in [2.24, 2.45) is 5.16 Å². The first-order valence-corrected chi connectivity index (χ1v) is 8.56. The topological polar surface area (TPSA) is 63.2 Å². The number of hydrogen-bond acceptors (Lipinski definition) is 5. The Labute approximate surface area is 142 Å². The van der Waals surface area contributed by atoms with Gasteiger partial charge in [-0.05, 0) is 25.5 Å². The zero-order valence-corrected chi connectivity index (χ0v) is 14.2. The highest BCUT2D eigenvalue weighted by Crippen LogP contribution is 2.26. The van der Waals surface area contributed by atoms with Crippen LogP contribution in [0.1, 0.15) is 25.3 Å². The second-order valence-corrected chi connectivity index (χ2v) is 6.47. The lowest BCUT2D eigenvalue weighted by Gasteiger charge is -2.26. The van der Waals surface area contributed by atoms with Crippen LogP contribution < -0.4 is 5.32 Å². The van der Waals surface area contributed by atoms with Crippen LogP contribution >= 0.6 is 0 Å². The largest absolute Gasteiger partial charge is 0.379 e. The highest BCUT2D eigenvalue weighted by atomic mass is 16.7. The molecule has 1 amide bonds. The van der Waals surface area contributed by atoms with Gasteiger partial charge in [-0.2, -0.15) is 0 Å². The van der Waals surface area contributed by atoms with Crippen LogP contribution in [0.2, 0.25) is 0 Å². The fraction of sp³-hybridized carbons (Fsp3) is 0.556. The minimum absolute atomic E-state index is 0.0980. The molecule has 24 heavy (non-hydrogen) atoms. The van der Waals surface area contributed by atoms with Crippen LogP contribution in [0, 0.1) is 0 Å². The molecule has 1 aromatic carbocycles. The maximum Gasteiger partial charge on any atom is 0.267 e. The predicted molar refractivity (Wildman–Crippen MR) is 92.0 cm³/mol. The van der Waals surface area contributed by atoms with Gasteiger partial charge in [-0.25, -0.2) is 0 Å². The summed E-state index contributed by atoms with van der Waals surface area (Å²) >= 11 is 0. The summed E-state index contributed by atoms with van der Waals surface area (Å²) in [7, 11) is 0. The van der Waals surface area contributed by atoms with E-state index in [4.69, 9.17) is 9.57 Å². The van der Waals surface area contributed by atoms with E-state index in [1.165, 1.54) is 0 Å². The van der Waals surface area contributed by atoms with Gasteiger partial charge in [-0.1, -0.05) is 35.5 Å². The van der Waals surface area contributed by atoms with E-state index in [1.807, 2.05) is 30.3 Å². The fourth-order valence-corrected chi connectivity index (χ4v) is 2.96. The smallest absolute Gasteiger partial charge is 0.267 e. The Morgan fingerprint density at radius 3 is 2.79 bits per heavy atom. The summed E-state index contributed by atoms with van der Waals surface area (Å²) in [5.41, 5.74) is 0.910. The van der Waals surface area contributed by atoms with Crippen molar-refractivity contribution in [3.05, 3.63) is 35.9 Å². The maximum atomic E-state index is 12.5. The third-order valence-electron chi connectivity index (χ3n) is 4.49. The monoisotopic (exact) mass is 331 g/mol. The molecule has 0 bridgehead atoms. The Hall–Kier alpha value is -1.92.